The van der Waals surface area contributed by atoms with Crippen molar-refractivity contribution >= 4 is 15.8 Å². The standard InChI is InChI=1S/C14H16N4O2S/c1-9(2)12-7-14(17-16-12)18-21(19,20)13-5-4-11(8-15)6-10(13)3/h4-7,9H,1-3H3,(H2,16,17,18). The molecular formula is C14H16N4O2S. The SMILES string of the molecule is Cc1cc(C#N)ccc1S(=O)(=O)Nc1cc(C(C)C)[nH]n1. The third kappa shape index (κ3) is 3.23. The lowest BCUT2D eigenvalue weighted by molar-refractivity contribution is 0.600. The molecule has 2 N–H and O–H groups in total. The van der Waals surface area contributed by atoms with Gasteiger partial charge < -0.3 is 0 Å². The Kier molecular flexibility index (Phi) is 4.00. The molecular weight excluding hydrogens is 288 g/mol. The molecule has 0 unspecified atom stereocenters. The summed E-state index contributed by atoms with van der Waals surface area (Å²) in [5.74, 6) is 0.481. The van der Waals surface area contributed by atoms with Crippen LogP contribution in [-0.2, 0) is 10.0 Å². The lowest BCUT2D eigenvalue weighted by Crippen LogP contribution is -2.14. The highest BCUT2D eigenvalue weighted by molar-refractivity contribution is 7.92. The first kappa shape index (κ1) is 15.1. The molecule has 0 fully saturated rings. The van der Waals surface area contributed by atoms with Crippen LogP contribution in [0.25, 0.3) is 0 Å². The Morgan fingerprint density at radius 2 is 2.05 bits per heavy atom. The maximum atomic E-state index is 12.4. The third-order valence-corrected chi connectivity index (χ3v) is 4.57. The second-order valence-corrected chi connectivity index (χ2v) is 6.71. The minimum atomic E-state index is -3.72. The summed E-state index contributed by atoms with van der Waals surface area (Å²) in [5.41, 5.74) is 1.79. The van der Waals surface area contributed by atoms with Crippen molar-refractivity contribution in [2.45, 2.75) is 31.6 Å². The van der Waals surface area contributed by atoms with Crippen molar-refractivity contribution < 1.29 is 8.42 Å². The molecule has 6 nitrogen and oxygen atoms in total. The van der Waals surface area contributed by atoms with Crippen LogP contribution in [0.5, 0.6) is 0 Å². The van der Waals surface area contributed by atoms with E-state index in [9.17, 15) is 8.42 Å². The fourth-order valence-corrected chi connectivity index (χ4v) is 3.12. The van der Waals surface area contributed by atoms with Crippen LogP contribution < -0.4 is 4.72 Å². The molecule has 0 aliphatic rings. The van der Waals surface area contributed by atoms with Crippen LogP contribution in [0, 0.1) is 18.3 Å². The number of hydrogen-bond acceptors (Lipinski definition) is 4. The zero-order chi connectivity index (χ0) is 15.6. The Morgan fingerprint density at radius 3 is 2.57 bits per heavy atom. The zero-order valence-corrected chi connectivity index (χ0v) is 12.8. The number of benzene rings is 1. The average molecular weight is 304 g/mol. The van der Waals surface area contributed by atoms with E-state index in [-0.39, 0.29) is 16.6 Å². The summed E-state index contributed by atoms with van der Waals surface area (Å²) in [7, 11) is -3.72. The Bertz CT molecular complexity index is 801. The van der Waals surface area contributed by atoms with Crippen LogP contribution in [0.4, 0.5) is 5.82 Å². The van der Waals surface area contributed by atoms with Gasteiger partial charge in [0.2, 0.25) is 0 Å². The van der Waals surface area contributed by atoms with E-state index in [1.165, 1.54) is 12.1 Å². The predicted octanol–water partition coefficient (Wildman–Crippen LogP) is 2.51. The van der Waals surface area contributed by atoms with Crippen LogP contribution in [0.15, 0.2) is 29.2 Å². The number of aromatic amines is 1. The summed E-state index contributed by atoms with van der Waals surface area (Å²) < 4.78 is 27.1. The van der Waals surface area contributed by atoms with Crippen LogP contribution in [0.3, 0.4) is 0 Å². The molecule has 1 aromatic heterocycles. The molecule has 7 heteroatoms. The topological polar surface area (TPSA) is 98.6 Å². The van der Waals surface area contributed by atoms with Gasteiger partial charge in [0.25, 0.3) is 10.0 Å². The molecule has 110 valence electrons. The van der Waals surface area contributed by atoms with Crippen LogP contribution in [-0.4, -0.2) is 18.6 Å². The molecule has 0 saturated heterocycles. The van der Waals surface area contributed by atoms with Gasteiger partial charge in [-0.2, -0.15) is 10.4 Å². The smallest absolute Gasteiger partial charge is 0.263 e. The first-order valence-electron chi connectivity index (χ1n) is 6.42. The third-order valence-electron chi connectivity index (χ3n) is 3.05. The molecule has 1 aromatic carbocycles. The van der Waals surface area contributed by atoms with E-state index in [0.29, 0.717) is 11.1 Å². The number of aryl methyl sites for hydroxylation is 1. The second kappa shape index (κ2) is 5.58. The quantitative estimate of drug-likeness (QED) is 0.906. The summed E-state index contributed by atoms with van der Waals surface area (Å²) in [5, 5.41) is 15.6. The minimum absolute atomic E-state index is 0.135. The fourth-order valence-electron chi connectivity index (χ4n) is 1.90. The molecule has 0 aliphatic heterocycles. The lowest BCUT2D eigenvalue weighted by atomic mass is 10.1. The molecule has 0 aliphatic carbocycles. The largest absolute Gasteiger partial charge is 0.280 e. The van der Waals surface area contributed by atoms with Gasteiger partial charge in [0.05, 0.1) is 16.5 Å². The molecule has 1 heterocycles. The maximum absolute atomic E-state index is 12.4. The number of nitrogens with zero attached hydrogens (tertiary/aromatic N) is 2. The van der Waals surface area contributed by atoms with Crippen molar-refractivity contribution in [2.24, 2.45) is 0 Å². The number of nitriles is 1. The first-order valence-corrected chi connectivity index (χ1v) is 7.90. The van der Waals surface area contributed by atoms with E-state index < -0.39 is 10.0 Å². The highest BCUT2D eigenvalue weighted by atomic mass is 32.2. The van der Waals surface area contributed by atoms with Gasteiger partial charge in [0.1, 0.15) is 0 Å². The summed E-state index contributed by atoms with van der Waals surface area (Å²) in [6.45, 7) is 5.62. The van der Waals surface area contributed by atoms with Gasteiger partial charge in [-0.1, -0.05) is 13.8 Å². The van der Waals surface area contributed by atoms with Crippen LogP contribution in [0.2, 0.25) is 0 Å². The normalized spacial score (nSPS) is 11.4. The van der Waals surface area contributed by atoms with Gasteiger partial charge in [-0.05, 0) is 36.6 Å². The molecule has 0 saturated carbocycles. The molecule has 2 aromatic rings. The summed E-state index contributed by atoms with van der Waals surface area (Å²) in [6.07, 6.45) is 0. The first-order chi connectivity index (χ1) is 9.83. The van der Waals surface area contributed by atoms with Gasteiger partial charge in [0, 0.05) is 11.8 Å². The molecule has 21 heavy (non-hydrogen) atoms. The second-order valence-electron chi connectivity index (χ2n) is 5.06. The Labute approximate surface area is 123 Å². The lowest BCUT2D eigenvalue weighted by Gasteiger charge is -2.08. The van der Waals surface area contributed by atoms with Crippen LogP contribution >= 0.6 is 0 Å². The van der Waals surface area contributed by atoms with Crippen molar-refractivity contribution in [3.63, 3.8) is 0 Å². The monoisotopic (exact) mass is 304 g/mol. The number of anilines is 1. The summed E-state index contributed by atoms with van der Waals surface area (Å²) in [4.78, 5) is 0.135. The molecule has 0 spiro atoms. The number of sulfonamides is 1. The van der Waals surface area contributed by atoms with Crippen molar-refractivity contribution in [3.05, 3.63) is 41.1 Å². The molecule has 0 radical (unpaired) electrons. The van der Waals surface area contributed by atoms with Gasteiger partial charge in [-0.15, -0.1) is 0 Å². The van der Waals surface area contributed by atoms with E-state index in [1.54, 1.807) is 19.1 Å². The molecule has 2 rings (SSSR count). The van der Waals surface area contributed by atoms with Crippen molar-refractivity contribution in [1.82, 2.24) is 10.2 Å². The average Bonchev–Trinajstić information content (AvgIpc) is 2.86. The fraction of sp³-hybridized carbons (Fsp3) is 0.286. The predicted molar refractivity (Wildman–Crippen MR) is 79.4 cm³/mol. The number of hydrogen-bond donors (Lipinski definition) is 2. The van der Waals surface area contributed by atoms with E-state index in [0.717, 1.165) is 5.69 Å². The Hall–Kier alpha value is -2.33. The van der Waals surface area contributed by atoms with Crippen molar-refractivity contribution in [2.75, 3.05) is 4.72 Å². The van der Waals surface area contributed by atoms with Gasteiger partial charge in [-0.25, -0.2) is 8.42 Å². The number of nitrogens with one attached hydrogen (secondary N) is 2. The summed E-state index contributed by atoms with van der Waals surface area (Å²) >= 11 is 0. The van der Waals surface area contributed by atoms with Crippen molar-refractivity contribution in [1.29, 1.82) is 5.26 Å². The zero-order valence-electron chi connectivity index (χ0n) is 12.0. The summed E-state index contributed by atoms with van der Waals surface area (Å²) in [6, 6.07) is 8.09. The number of H-pyrrole nitrogens is 1. The van der Waals surface area contributed by atoms with Gasteiger partial charge >= 0.3 is 0 Å². The van der Waals surface area contributed by atoms with Gasteiger partial charge in [0.15, 0.2) is 5.82 Å². The van der Waals surface area contributed by atoms with Crippen molar-refractivity contribution in [3.8, 4) is 6.07 Å². The van der Waals surface area contributed by atoms with E-state index in [4.69, 9.17) is 5.26 Å². The van der Waals surface area contributed by atoms with E-state index in [2.05, 4.69) is 14.9 Å². The highest BCUT2D eigenvalue weighted by Crippen LogP contribution is 2.21. The van der Waals surface area contributed by atoms with E-state index in [1.807, 2.05) is 19.9 Å². The number of rotatable bonds is 4. The van der Waals surface area contributed by atoms with Crippen LogP contribution in [0.1, 0.15) is 36.6 Å². The Morgan fingerprint density at radius 1 is 1.33 bits per heavy atom. The highest BCUT2D eigenvalue weighted by Gasteiger charge is 2.18. The van der Waals surface area contributed by atoms with Gasteiger partial charge in [-0.3, -0.25) is 9.82 Å². The maximum Gasteiger partial charge on any atom is 0.263 e. The van der Waals surface area contributed by atoms with E-state index >= 15 is 0 Å². The Balaban J connectivity index is 2.32. The molecule has 0 atom stereocenters. The number of aromatic nitrogens is 2. The minimum Gasteiger partial charge on any atom is -0.280 e. The molecule has 0 amide bonds. The molecule has 0 bridgehead atoms.